The van der Waals surface area contributed by atoms with E-state index in [0.717, 1.165) is 48.8 Å². The maximum absolute atomic E-state index is 6.56. The number of benzene rings is 1. The van der Waals surface area contributed by atoms with Crippen molar-refractivity contribution in [3.05, 3.63) is 34.4 Å². The molecule has 3 aliphatic rings. The lowest BCUT2D eigenvalue weighted by Gasteiger charge is -2.42. The normalized spacial score (nSPS) is 28.2. The molecule has 1 atom stereocenters. The molecule has 0 saturated heterocycles. The molecule has 0 bridgehead atoms. The molecule has 4 rings (SSSR count). The molecule has 0 amide bonds. The van der Waals surface area contributed by atoms with Crippen molar-refractivity contribution in [2.45, 2.75) is 31.2 Å². The molecule has 1 aliphatic carbocycles. The molecule has 1 unspecified atom stereocenters. The van der Waals surface area contributed by atoms with Crippen LogP contribution >= 0.6 is 11.6 Å². The van der Waals surface area contributed by atoms with Gasteiger partial charge in [-0.15, -0.1) is 0 Å². The molecule has 0 fully saturated rings. The lowest BCUT2D eigenvalue weighted by atomic mass is 9.76. The SMILES string of the molecule is ClC1=CCCCC12NCCc1cc3c(cc12)OCO3. The zero-order valence-corrected chi connectivity index (χ0v) is 11.4. The van der Waals surface area contributed by atoms with E-state index in [9.17, 15) is 0 Å². The van der Waals surface area contributed by atoms with E-state index < -0.39 is 0 Å². The number of ether oxygens (including phenoxy) is 2. The quantitative estimate of drug-likeness (QED) is 0.791. The van der Waals surface area contributed by atoms with Gasteiger partial charge in [0.15, 0.2) is 11.5 Å². The summed E-state index contributed by atoms with van der Waals surface area (Å²) in [7, 11) is 0. The van der Waals surface area contributed by atoms with E-state index in [1.54, 1.807) is 0 Å². The number of nitrogens with one attached hydrogen (secondary N) is 1. The van der Waals surface area contributed by atoms with Gasteiger partial charge in [-0.05, 0) is 48.9 Å². The summed E-state index contributed by atoms with van der Waals surface area (Å²) in [5.74, 6) is 1.71. The van der Waals surface area contributed by atoms with Crippen molar-refractivity contribution in [1.29, 1.82) is 0 Å². The molecule has 4 heteroatoms. The predicted molar refractivity (Wildman–Crippen MR) is 73.7 cm³/mol. The van der Waals surface area contributed by atoms with Crippen molar-refractivity contribution in [1.82, 2.24) is 5.32 Å². The summed E-state index contributed by atoms with van der Waals surface area (Å²) in [6.45, 7) is 1.28. The van der Waals surface area contributed by atoms with Crippen LogP contribution in [0.4, 0.5) is 0 Å². The van der Waals surface area contributed by atoms with Crippen molar-refractivity contribution in [2.75, 3.05) is 13.3 Å². The predicted octanol–water partition coefficient (Wildman–Crippen LogP) is 3.06. The Morgan fingerprint density at radius 1 is 1.21 bits per heavy atom. The molecular formula is C15H16ClNO2. The molecule has 2 heterocycles. The summed E-state index contributed by atoms with van der Waals surface area (Å²) in [5, 5.41) is 4.56. The van der Waals surface area contributed by atoms with E-state index in [4.69, 9.17) is 21.1 Å². The smallest absolute Gasteiger partial charge is 0.231 e. The van der Waals surface area contributed by atoms with Crippen molar-refractivity contribution < 1.29 is 9.47 Å². The van der Waals surface area contributed by atoms with Crippen molar-refractivity contribution in [2.24, 2.45) is 0 Å². The lowest BCUT2D eigenvalue weighted by Crippen LogP contribution is -2.48. The van der Waals surface area contributed by atoms with Crippen molar-refractivity contribution >= 4 is 11.6 Å². The molecule has 0 saturated carbocycles. The molecular weight excluding hydrogens is 262 g/mol. The third-order valence-electron chi connectivity index (χ3n) is 4.37. The molecule has 100 valence electrons. The fourth-order valence-corrected chi connectivity index (χ4v) is 3.79. The first kappa shape index (κ1) is 11.6. The third kappa shape index (κ3) is 1.61. The molecule has 1 aromatic carbocycles. The van der Waals surface area contributed by atoms with Gasteiger partial charge in [0.25, 0.3) is 0 Å². The minimum atomic E-state index is -0.200. The van der Waals surface area contributed by atoms with Gasteiger partial charge in [-0.25, -0.2) is 0 Å². The van der Waals surface area contributed by atoms with Gasteiger partial charge in [0.05, 0.1) is 5.54 Å². The average molecular weight is 278 g/mol. The summed E-state index contributed by atoms with van der Waals surface area (Å²) in [6.07, 6.45) is 6.45. The summed E-state index contributed by atoms with van der Waals surface area (Å²) < 4.78 is 11.0. The summed E-state index contributed by atoms with van der Waals surface area (Å²) in [6, 6.07) is 4.24. The molecule has 19 heavy (non-hydrogen) atoms. The lowest BCUT2D eigenvalue weighted by molar-refractivity contribution is 0.174. The molecule has 1 N–H and O–H groups in total. The Bertz CT molecular complexity index is 570. The summed E-state index contributed by atoms with van der Waals surface area (Å²) in [5.41, 5.74) is 2.40. The Balaban J connectivity index is 1.91. The van der Waals surface area contributed by atoms with E-state index in [0.29, 0.717) is 6.79 Å². The summed E-state index contributed by atoms with van der Waals surface area (Å²) >= 11 is 6.56. The largest absolute Gasteiger partial charge is 0.454 e. The van der Waals surface area contributed by atoms with E-state index in [2.05, 4.69) is 23.5 Å². The Morgan fingerprint density at radius 2 is 2.05 bits per heavy atom. The van der Waals surface area contributed by atoms with Crippen LogP contribution in [-0.2, 0) is 12.0 Å². The van der Waals surface area contributed by atoms with Gasteiger partial charge in [0.1, 0.15) is 0 Å². The maximum atomic E-state index is 6.56. The van der Waals surface area contributed by atoms with Crippen molar-refractivity contribution in [3.8, 4) is 11.5 Å². The number of allylic oxidation sites excluding steroid dienone is 1. The standard InChI is InChI=1S/C15H16ClNO2/c16-14-3-1-2-5-15(14)11-8-13-12(18-9-19-13)7-10(11)4-6-17-15/h3,7-8,17H,1-2,4-6,9H2. The van der Waals surface area contributed by atoms with Gasteiger partial charge in [-0.2, -0.15) is 0 Å². The van der Waals surface area contributed by atoms with E-state index in [-0.39, 0.29) is 5.54 Å². The van der Waals surface area contributed by atoms with Crippen LogP contribution in [0.3, 0.4) is 0 Å². The second-order valence-electron chi connectivity index (χ2n) is 5.39. The van der Waals surface area contributed by atoms with Crippen LogP contribution in [0, 0.1) is 0 Å². The fraction of sp³-hybridized carbons (Fsp3) is 0.467. The van der Waals surface area contributed by atoms with Gasteiger partial charge in [0.2, 0.25) is 6.79 Å². The first-order valence-electron chi connectivity index (χ1n) is 6.84. The fourth-order valence-electron chi connectivity index (χ4n) is 3.42. The molecule has 0 aromatic heterocycles. The van der Waals surface area contributed by atoms with Crippen LogP contribution in [-0.4, -0.2) is 13.3 Å². The highest BCUT2D eigenvalue weighted by Crippen LogP contribution is 2.47. The highest BCUT2D eigenvalue weighted by molar-refractivity contribution is 6.31. The number of fused-ring (bicyclic) bond motifs is 3. The molecule has 3 nitrogen and oxygen atoms in total. The second-order valence-corrected chi connectivity index (χ2v) is 5.80. The van der Waals surface area contributed by atoms with Crippen LogP contribution in [0.5, 0.6) is 11.5 Å². The van der Waals surface area contributed by atoms with E-state index in [1.807, 2.05) is 0 Å². The van der Waals surface area contributed by atoms with Crippen molar-refractivity contribution in [3.63, 3.8) is 0 Å². The zero-order valence-electron chi connectivity index (χ0n) is 10.7. The average Bonchev–Trinajstić information content (AvgIpc) is 2.88. The van der Waals surface area contributed by atoms with Crippen LogP contribution in [0.25, 0.3) is 0 Å². The van der Waals surface area contributed by atoms with Crippen LogP contribution < -0.4 is 14.8 Å². The monoisotopic (exact) mass is 277 g/mol. The first-order chi connectivity index (χ1) is 9.29. The maximum Gasteiger partial charge on any atom is 0.231 e. The topological polar surface area (TPSA) is 30.5 Å². The van der Waals surface area contributed by atoms with Crippen LogP contribution in [0.1, 0.15) is 30.4 Å². The zero-order chi connectivity index (χ0) is 12.9. The molecule has 1 aromatic rings. The van der Waals surface area contributed by atoms with Gasteiger partial charge in [-0.3, -0.25) is 0 Å². The number of hydrogen-bond donors (Lipinski definition) is 1. The number of halogens is 1. The molecule has 2 aliphatic heterocycles. The highest BCUT2D eigenvalue weighted by atomic mass is 35.5. The van der Waals surface area contributed by atoms with Gasteiger partial charge >= 0.3 is 0 Å². The van der Waals surface area contributed by atoms with E-state index in [1.165, 1.54) is 11.1 Å². The summed E-state index contributed by atoms with van der Waals surface area (Å²) in [4.78, 5) is 0. The highest BCUT2D eigenvalue weighted by Gasteiger charge is 2.41. The van der Waals surface area contributed by atoms with Crippen LogP contribution in [0.15, 0.2) is 23.2 Å². The molecule has 1 spiro atoms. The number of rotatable bonds is 0. The Labute approximate surface area is 117 Å². The third-order valence-corrected chi connectivity index (χ3v) is 4.84. The van der Waals surface area contributed by atoms with Gasteiger partial charge in [-0.1, -0.05) is 17.7 Å². The number of hydrogen-bond acceptors (Lipinski definition) is 3. The first-order valence-corrected chi connectivity index (χ1v) is 7.21. The van der Waals surface area contributed by atoms with Gasteiger partial charge < -0.3 is 14.8 Å². The van der Waals surface area contributed by atoms with E-state index >= 15 is 0 Å². The molecule has 0 radical (unpaired) electrons. The second kappa shape index (κ2) is 4.15. The minimum absolute atomic E-state index is 0.200. The Hall–Kier alpha value is -1.19. The minimum Gasteiger partial charge on any atom is -0.454 e. The van der Waals surface area contributed by atoms with Crippen LogP contribution in [0.2, 0.25) is 0 Å². The Morgan fingerprint density at radius 3 is 2.89 bits per heavy atom. The Kier molecular flexibility index (Phi) is 2.54. The van der Waals surface area contributed by atoms with Gasteiger partial charge in [0, 0.05) is 11.6 Å².